The summed E-state index contributed by atoms with van der Waals surface area (Å²) in [6, 6.07) is 19.2. The monoisotopic (exact) mass is 432 g/mol. The first-order chi connectivity index (χ1) is 14.7. The number of rotatable bonds is 3. The third kappa shape index (κ3) is 4.30. The van der Waals surface area contributed by atoms with Crippen LogP contribution in [0.5, 0.6) is 0 Å². The van der Waals surface area contributed by atoms with E-state index in [1.807, 2.05) is 18.2 Å². The largest absolute Gasteiger partial charge is 0.268 e. The van der Waals surface area contributed by atoms with Crippen LogP contribution >= 0.6 is 11.6 Å². The summed E-state index contributed by atoms with van der Waals surface area (Å²) < 4.78 is 15.9. The number of para-hydroxylation sites is 1. The molecule has 1 heterocycles. The zero-order valence-corrected chi connectivity index (χ0v) is 18.3. The Morgan fingerprint density at radius 3 is 2.35 bits per heavy atom. The average molecular weight is 433 g/mol. The minimum atomic E-state index is -0.496. The van der Waals surface area contributed by atoms with Crippen molar-refractivity contribution in [3.63, 3.8) is 0 Å². The van der Waals surface area contributed by atoms with Crippen LogP contribution in [-0.4, -0.2) is 9.55 Å². The van der Waals surface area contributed by atoms with Crippen molar-refractivity contribution in [1.82, 2.24) is 9.55 Å². The molecule has 0 aliphatic rings. The van der Waals surface area contributed by atoms with Crippen LogP contribution in [0.15, 0.2) is 71.5 Å². The SMILES string of the molecule is CC(C)(C)c1ccc(C=Cc2nc3cc(Cl)ccc3c(=O)n2-c2ccccc2F)cc1. The van der Waals surface area contributed by atoms with Gasteiger partial charge in [0.25, 0.3) is 5.56 Å². The Hall–Kier alpha value is -3.24. The van der Waals surface area contributed by atoms with Crippen LogP contribution in [-0.2, 0) is 5.41 Å². The van der Waals surface area contributed by atoms with Crippen LogP contribution < -0.4 is 5.56 Å². The molecule has 3 nitrogen and oxygen atoms in total. The van der Waals surface area contributed by atoms with Gasteiger partial charge in [0.2, 0.25) is 0 Å². The molecule has 3 aromatic carbocycles. The van der Waals surface area contributed by atoms with Gasteiger partial charge in [0, 0.05) is 5.02 Å². The number of aromatic nitrogens is 2. The normalized spacial score (nSPS) is 12.0. The highest BCUT2D eigenvalue weighted by Crippen LogP contribution is 2.23. The maximum atomic E-state index is 14.6. The van der Waals surface area contributed by atoms with Crippen LogP contribution in [0, 0.1) is 5.82 Å². The maximum Gasteiger partial charge on any atom is 0.266 e. The molecule has 156 valence electrons. The topological polar surface area (TPSA) is 34.9 Å². The van der Waals surface area contributed by atoms with Crippen LogP contribution in [0.25, 0.3) is 28.7 Å². The molecule has 0 N–H and O–H groups in total. The van der Waals surface area contributed by atoms with Gasteiger partial charge in [-0.05, 0) is 52.9 Å². The van der Waals surface area contributed by atoms with Crippen molar-refractivity contribution in [1.29, 1.82) is 0 Å². The zero-order chi connectivity index (χ0) is 22.2. The molecule has 0 atom stereocenters. The molecule has 0 radical (unpaired) electrons. The van der Waals surface area contributed by atoms with Gasteiger partial charge in [0.1, 0.15) is 11.6 Å². The Labute approximate surface area is 185 Å². The van der Waals surface area contributed by atoms with Gasteiger partial charge in [-0.25, -0.2) is 9.37 Å². The second-order valence-electron chi connectivity index (χ2n) is 8.43. The molecule has 31 heavy (non-hydrogen) atoms. The molecule has 0 saturated heterocycles. The standard InChI is InChI=1S/C26H22ClFN2O/c1-26(2,3)18-11-8-17(9-12-18)10-15-24-29-22-16-19(27)13-14-20(22)25(31)30(24)23-7-5-4-6-21(23)28/h4-16H,1-3H3. The fourth-order valence-electron chi connectivity index (χ4n) is 3.42. The summed E-state index contributed by atoms with van der Waals surface area (Å²) in [4.78, 5) is 17.9. The number of hydrogen-bond donors (Lipinski definition) is 0. The smallest absolute Gasteiger partial charge is 0.266 e. The van der Waals surface area contributed by atoms with E-state index in [4.69, 9.17) is 11.6 Å². The molecule has 0 fully saturated rings. The van der Waals surface area contributed by atoms with Crippen molar-refractivity contribution in [3.8, 4) is 5.69 Å². The first-order valence-corrected chi connectivity index (χ1v) is 10.4. The molecule has 4 aromatic rings. The Morgan fingerprint density at radius 1 is 0.968 bits per heavy atom. The maximum absolute atomic E-state index is 14.6. The van der Waals surface area contributed by atoms with E-state index >= 15 is 0 Å². The number of nitrogens with zero attached hydrogens (tertiary/aromatic N) is 2. The van der Waals surface area contributed by atoms with Crippen LogP contribution in [0.2, 0.25) is 5.02 Å². The van der Waals surface area contributed by atoms with Gasteiger partial charge in [-0.3, -0.25) is 9.36 Å². The predicted molar refractivity (Wildman–Crippen MR) is 126 cm³/mol. The molecule has 0 bridgehead atoms. The van der Waals surface area contributed by atoms with Gasteiger partial charge in [-0.2, -0.15) is 0 Å². The summed E-state index contributed by atoms with van der Waals surface area (Å²) in [6.45, 7) is 6.49. The highest BCUT2D eigenvalue weighted by molar-refractivity contribution is 6.31. The van der Waals surface area contributed by atoms with Crippen molar-refractivity contribution < 1.29 is 4.39 Å². The minimum Gasteiger partial charge on any atom is -0.268 e. The van der Waals surface area contributed by atoms with Gasteiger partial charge in [0.05, 0.1) is 16.6 Å². The number of hydrogen-bond acceptors (Lipinski definition) is 2. The number of halogens is 2. The quantitative estimate of drug-likeness (QED) is 0.363. The number of benzene rings is 3. The van der Waals surface area contributed by atoms with Crippen molar-refractivity contribution in [3.05, 3.63) is 105 Å². The molecule has 0 saturated carbocycles. The zero-order valence-electron chi connectivity index (χ0n) is 17.6. The Morgan fingerprint density at radius 2 is 1.68 bits per heavy atom. The van der Waals surface area contributed by atoms with E-state index in [9.17, 15) is 9.18 Å². The van der Waals surface area contributed by atoms with Crippen molar-refractivity contribution in [2.75, 3.05) is 0 Å². The van der Waals surface area contributed by atoms with E-state index < -0.39 is 5.82 Å². The molecule has 4 rings (SSSR count). The van der Waals surface area contributed by atoms with Crippen LogP contribution in [0.1, 0.15) is 37.7 Å². The van der Waals surface area contributed by atoms with E-state index in [1.54, 1.807) is 42.5 Å². The third-order valence-electron chi connectivity index (χ3n) is 5.15. The molecular formula is C26H22ClFN2O. The van der Waals surface area contributed by atoms with E-state index in [0.717, 1.165) is 5.56 Å². The lowest BCUT2D eigenvalue weighted by Gasteiger charge is -2.18. The molecule has 0 spiro atoms. The summed E-state index contributed by atoms with van der Waals surface area (Å²) in [6.07, 6.45) is 3.59. The van der Waals surface area contributed by atoms with Crippen LogP contribution in [0.3, 0.4) is 0 Å². The van der Waals surface area contributed by atoms with Crippen LogP contribution in [0.4, 0.5) is 4.39 Å². The van der Waals surface area contributed by atoms with Gasteiger partial charge in [-0.15, -0.1) is 0 Å². The summed E-state index contributed by atoms with van der Waals surface area (Å²) in [5.41, 5.74) is 2.51. The minimum absolute atomic E-state index is 0.0622. The Balaban J connectivity index is 1.88. The summed E-state index contributed by atoms with van der Waals surface area (Å²) in [5.74, 6) is -0.173. The van der Waals surface area contributed by atoms with Gasteiger partial charge in [-0.1, -0.05) is 74.8 Å². The highest BCUT2D eigenvalue weighted by Gasteiger charge is 2.15. The lowest BCUT2D eigenvalue weighted by Crippen LogP contribution is -2.23. The fourth-order valence-corrected chi connectivity index (χ4v) is 3.59. The molecule has 1 aromatic heterocycles. The van der Waals surface area contributed by atoms with E-state index in [2.05, 4.69) is 37.9 Å². The summed E-state index contributed by atoms with van der Waals surface area (Å²) in [7, 11) is 0. The second-order valence-corrected chi connectivity index (χ2v) is 8.87. The first kappa shape index (κ1) is 21.0. The predicted octanol–water partition coefficient (Wildman–Crippen LogP) is 6.65. The van der Waals surface area contributed by atoms with Crippen molar-refractivity contribution in [2.45, 2.75) is 26.2 Å². The average Bonchev–Trinajstić information content (AvgIpc) is 2.72. The second kappa shape index (κ2) is 8.12. The highest BCUT2D eigenvalue weighted by atomic mass is 35.5. The molecule has 0 amide bonds. The molecular weight excluding hydrogens is 411 g/mol. The van der Waals surface area contributed by atoms with Crippen molar-refractivity contribution in [2.24, 2.45) is 0 Å². The Bertz CT molecular complexity index is 1350. The van der Waals surface area contributed by atoms with E-state index in [0.29, 0.717) is 21.7 Å². The first-order valence-electron chi connectivity index (χ1n) is 10.00. The van der Waals surface area contributed by atoms with E-state index in [-0.39, 0.29) is 16.7 Å². The lowest BCUT2D eigenvalue weighted by molar-refractivity contribution is 0.590. The molecule has 0 aliphatic carbocycles. The molecule has 5 heteroatoms. The summed E-state index contributed by atoms with van der Waals surface area (Å²) in [5, 5.41) is 0.857. The van der Waals surface area contributed by atoms with Crippen molar-refractivity contribution >= 4 is 34.7 Å². The summed E-state index contributed by atoms with van der Waals surface area (Å²) >= 11 is 6.10. The van der Waals surface area contributed by atoms with Gasteiger partial charge in [0.15, 0.2) is 0 Å². The lowest BCUT2D eigenvalue weighted by atomic mass is 9.87. The Kier molecular flexibility index (Phi) is 5.50. The molecule has 0 unspecified atom stereocenters. The third-order valence-corrected chi connectivity index (χ3v) is 5.39. The van der Waals surface area contributed by atoms with E-state index in [1.165, 1.54) is 16.2 Å². The van der Waals surface area contributed by atoms with Gasteiger partial charge >= 0.3 is 0 Å². The van der Waals surface area contributed by atoms with Gasteiger partial charge < -0.3 is 0 Å². The molecule has 0 aliphatic heterocycles. The number of fused-ring (bicyclic) bond motifs is 1. The fraction of sp³-hybridized carbons (Fsp3) is 0.154.